The second kappa shape index (κ2) is 6.09. The normalized spacial score (nSPS) is 23.5. The highest BCUT2D eigenvalue weighted by Gasteiger charge is 2.30. The van der Waals surface area contributed by atoms with E-state index < -0.39 is 0 Å². The molecule has 1 heterocycles. The van der Waals surface area contributed by atoms with Crippen LogP contribution in [0, 0.1) is 0 Å². The maximum atomic E-state index is 12.5. The first-order valence-corrected chi connectivity index (χ1v) is 6.77. The first-order valence-electron chi connectivity index (χ1n) is 6.01. The van der Waals surface area contributed by atoms with Gasteiger partial charge >= 0.3 is 0 Å². The Morgan fingerprint density at radius 3 is 2.95 bits per heavy atom. The van der Waals surface area contributed by atoms with Crippen molar-refractivity contribution in [2.75, 3.05) is 19.8 Å². The van der Waals surface area contributed by atoms with Crippen molar-refractivity contribution in [3.63, 3.8) is 0 Å². The number of benzene rings is 1. The second-order valence-electron chi connectivity index (χ2n) is 4.57. The van der Waals surface area contributed by atoms with Crippen LogP contribution in [-0.4, -0.2) is 47.8 Å². The number of ether oxygens (including phenoxy) is 1. The summed E-state index contributed by atoms with van der Waals surface area (Å²) >= 11 is 11.9. The largest absolute Gasteiger partial charge is 0.394 e. The molecular formula is C13H15Cl2NO3. The molecule has 1 amide bonds. The van der Waals surface area contributed by atoms with Gasteiger partial charge in [0.1, 0.15) is 0 Å². The summed E-state index contributed by atoms with van der Waals surface area (Å²) in [5.41, 5.74) is 0.375. The van der Waals surface area contributed by atoms with Crippen LogP contribution in [0.1, 0.15) is 17.3 Å². The molecule has 1 saturated heterocycles. The Labute approximate surface area is 121 Å². The number of carbonyl (C=O) groups excluding carboxylic acids is 1. The minimum Gasteiger partial charge on any atom is -0.394 e. The Kier molecular flexibility index (Phi) is 4.68. The molecule has 1 aromatic rings. The summed E-state index contributed by atoms with van der Waals surface area (Å²) in [4.78, 5) is 14.1. The van der Waals surface area contributed by atoms with E-state index in [2.05, 4.69) is 0 Å². The molecule has 0 aliphatic carbocycles. The van der Waals surface area contributed by atoms with Gasteiger partial charge in [0, 0.05) is 11.6 Å². The van der Waals surface area contributed by atoms with Crippen molar-refractivity contribution in [2.24, 2.45) is 0 Å². The van der Waals surface area contributed by atoms with Crippen molar-refractivity contribution in [1.29, 1.82) is 0 Å². The van der Waals surface area contributed by atoms with Crippen LogP contribution in [0.25, 0.3) is 0 Å². The number of aliphatic hydroxyl groups excluding tert-OH is 1. The Bertz CT molecular complexity index is 481. The fourth-order valence-corrected chi connectivity index (χ4v) is 2.40. The van der Waals surface area contributed by atoms with Gasteiger partial charge in [0.2, 0.25) is 0 Å². The van der Waals surface area contributed by atoms with Crippen LogP contribution in [-0.2, 0) is 4.74 Å². The SMILES string of the molecule is CC1COC(CO)CN1C(=O)c1cc(Cl)ccc1Cl. The third-order valence-electron chi connectivity index (χ3n) is 3.13. The standard InChI is InChI=1S/C13H15Cl2NO3/c1-8-7-19-10(6-17)5-16(8)13(18)11-4-9(14)2-3-12(11)15/h2-4,8,10,17H,5-7H2,1H3. The van der Waals surface area contributed by atoms with Gasteiger partial charge in [-0.2, -0.15) is 0 Å². The van der Waals surface area contributed by atoms with E-state index in [4.69, 9.17) is 33.0 Å². The molecule has 6 heteroatoms. The maximum Gasteiger partial charge on any atom is 0.255 e. The molecule has 0 saturated carbocycles. The van der Waals surface area contributed by atoms with Gasteiger partial charge in [0.15, 0.2) is 0 Å². The zero-order chi connectivity index (χ0) is 14.0. The molecule has 0 spiro atoms. The lowest BCUT2D eigenvalue weighted by Crippen LogP contribution is -2.52. The van der Waals surface area contributed by atoms with Gasteiger partial charge < -0.3 is 14.7 Å². The summed E-state index contributed by atoms with van der Waals surface area (Å²) in [6.07, 6.45) is -0.349. The zero-order valence-corrected chi connectivity index (χ0v) is 12.0. The van der Waals surface area contributed by atoms with Gasteiger partial charge in [-0.15, -0.1) is 0 Å². The van der Waals surface area contributed by atoms with E-state index in [0.717, 1.165) is 0 Å². The molecule has 0 bridgehead atoms. The van der Waals surface area contributed by atoms with Crippen LogP contribution >= 0.6 is 23.2 Å². The van der Waals surface area contributed by atoms with E-state index in [1.165, 1.54) is 0 Å². The van der Waals surface area contributed by atoms with Crippen LogP contribution in [0.3, 0.4) is 0 Å². The fraction of sp³-hybridized carbons (Fsp3) is 0.462. The minimum atomic E-state index is -0.349. The van der Waals surface area contributed by atoms with E-state index in [9.17, 15) is 4.79 Å². The summed E-state index contributed by atoms with van der Waals surface area (Å²) in [6, 6.07) is 4.74. The lowest BCUT2D eigenvalue weighted by Gasteiger charge is -2.37. The lowest BCUT2D eigenvalue weighted by molar-refractivity contribution is -0.0667. The van der Waals surface area contributed by atoms with Gasteiger partial charge in [-0.1, -0.05) is 23.2 Å². The Balaban J connectivity index is 2.24. The number of amides is 1. The quantitative estimate of drug-likeness (QED) is 0.911. The number of hydrogen-bond donors (Lipinski definition) is 1. The summed E-state index contributed by atoms with van der Waals surface area (Å²) in [5, 5.41) is 9.97. The van der Waals surface area contributed by atoms with Crippen LogP contribution in [0.15, 0.2) is 18.2 Å². The first-order chi connectivity index (χ1) is 9.02. The second-order valence-corrected chi connectivity index (χ2v) is 5.41. The highest BCUT2D eigenvalue weighted by Crippen LogP contribution is 2.24. The van der Waals surface area contributed by atoms with Crippen molar-refractivity contribution in [3.05, 3.63) is 33.8 Å². The fourth-order valence-electron chi connectivity index (χ4n) is 2.03. The number of halogens is 2. The third-order valence-corrected chi connectivity index (χ3v) is 3.69. The predicted octanol–water partition coefficient (Wildman–Crippen LogP) is 2.22. The molecule has 4 nitrogen and oxygen atoms in total. The first kappa shape index (κ1) is 14.6. The lowest BCUT2D eigenvalue weighted by atomic mass is 10.1. The number of rotatable bonds is 2. The van der Waals surface area contributed by atoms with Crippen molar-refractivity contribution in [2.45, 2.75) is 19.1 Å². The van der Waals surface area contributed by atoms with Gasteiger partial charge in [-0.05, 0) is 25.1 Å². The average molecular weight is 304 g/mol. The highest BCUT2D eigenvalue weighted by atomic mass is 35.5. The number of carbonyl (C=O) groups is 1. The highest BCUT2D eigenvalue weighted by molar-refractivity contribution is 6.35. The molecule has 104 valence electrons. The van der Waals surface area contributed by atoms with E-state index in [-0.39, 0.29) is 24.7 Å². The predicted molar refractivity (Wildman–Crippen MR) is 73.8 cm³/mol. The molecule has 2 atom stereocenters. The Morgan fingerprint density at radius 1 is 1.53 bits per heavy atom. The van der Waals surface area contributed by atoms with Gasteiger partial charge in [-0.25, -0.2) is 0 Å². The Morgan fingerprint density at radius 2 is 2.26 bits per heavy atom. The molecular weight excluding hydrogens is 289 g/mol. The molecule has 1 N–H and O–H groups in total. The van der Waals surface area contributed by atoms with Gasteiger partial charge in [-0.3, -0.25) is 4.79 Å². The zero-order valence-electron chi connectivity index (χ0n) is 10.5. The molecule has 1 fully saturated rings. The smallest absolute Gasteiger partial charge is 0.255 e. The minimum absolute atomic E-state index is 0.0645. The van der Waals surface area contributed by atoms with Crippen LogP contribution in [0.5, 0.6) is 0 Å². The van der Waals surface area contributed by atoms with E-state index in [1.54, 1.807) is 23.1 Å². The molecule has 2 rings (SSSR count). The summed E-state index contributed by atoms with van der Waals surface area (Å²) in [5.74, 6) is -0.193. The average Bonchev–Trinajstić information content (AvgIpc) is 2.41. The van der Waals surface area contributed by atoms with Crippen molar-refractivity contribution >= 4 is 29.1 Å². The van der Waals surface area contributed by atoms with Gasteiger partial charge in [0.25, 0.3) is 5.91 Å². The number of aliphatic hydroxyl groups is 1. The van der Waals surface area contributed by atoms with E-state index in [1.807, 2.05) is 6.92 Å². The van der Waals surface area contributed by atoms with Crippen molar-refractivity contribution < 1.29 is 14.6 Å². The summed E-state index contributed by atoms with van der Waals surface area (Å²) in [6.45, 7) is 2.53. The molecule has 1 aliphatic rings. The van der Waals surface area contributed by atoms with Crippen molar-refractivity contribution in [1.82, 2.24) is 4.90 Å². The monoisotopic (exact) mass is 303 g/mol. The maximum absolute atomic E-state index is 12.5. The van der Waals surface area contributed by atoms with Crippen LogP contribution < -0.4 is 0 Å². The van der Waals surface area contributed by atoms with E-state index in [0.29, 0.717) is 28.8 Å². The van der Waals surface area contributed by atoms with E-state index >= 15 is 0 Å². The number of nitrogens with zero attached hydrogens (tertiary/aromatic N) is 1. The topological polar surface area (TPSA) is 49.8 Å². The number of morpholine rings is 1. The summed E-state index contributed by atoms with van der Waals surface area (Å²) < 4.78 is 5.41. The molecule has 19 heavy (non-hydrogen) atoms. The molecule has 1 aliphatic heterocycles. The molecule has 2 unspecified atom stereocenters. The van der Waals surface area contributed by atoms with Crippen LogP contribution in [0.4, 0.5) is 0 Å². The molecule has 1 aromatic carbocycles. The van der Waals surface area contributed by atoms with Crippen molar-refractivity contribution in [3.8, 4) is 0 Å². The molecule has 0 radical (unpaired) electrons. The Hall–Kier alpha value is -0.810. The summed E-state index contributed by atoms with van der Waals surface area (Å²) in [7, 11) is 0. The molecule has 0 aromatic heterocycles. The third kappa shape index (κ3) is 3.20. The number of hydrogen-bond acceptors (Lipinski definition) is 3. The van der Waals surface area contributed by atoms with Gasteiger partial charge in [0.05, 0.1) is 35.9 Å². The van der Waals surface area contributed by atoms with Crippen LogP contribution in [0.2, 0.25) is 10.0 Å².